The highest BCUT2D eigenvalue weighted by Crippen LogP contribution is 2.22. The standard InChI is InChI=1S/C14H16ClN3/c1-17-13(12-3-2-8-18-14(12)16)9-10-4-6-11(15)7-5-10/h2-8,13,17H,9H2,1H3,(H2,16,18). The molecule has 1 aromatic carbocycles. The molecular weight excluding hydrogens is 246 g/mol. The van der Waals surface area contributed by atoms with Crippen LogP contribution in [0.2, 0.25) is 5.02 Å². The second-order valence-corrected chi connectivity index (χ2v) is 4.59. The minimum absolute atomic E-state index is 0.153. The molecule has 0 saturated heterocycles. The van der Waals surface area contributed by atoms with Crippen molar-refractivity contribution in [1.82, 2.24) is 10.3 Å². The average Bonchev–Trinajstić information content (AvgIpc) is 2.39. The van der Waals surface area contributed by atoms with Gasteiger partial charge in [-0.15, -0.1) is 0 Å². The van der Waals surface area contributed by atoms with E-state index in [9.17, 15) is 0 Å². The van der Waals surface area contributed by atoms with E-state index in [1.807, 2.05) is 43.4 Å². The van der Waals surface area contributed by atoms with Crippen molar-refractivity contribution in [2.24, 2.45) is 0 Å². The zero-order valence-corrected chi connectivity index (χ0v) is 11.0. The first-order chi connectivity index (χ1) is 8.70. The van der Waals surface area contributed by atoms with Gasteiger partial charge in [-0.05, 0) is 37.2 Å². The fraction of sp³-hybridized carbons (Fsp3) is 0.214. The van der Waals surface area contributed by atoms with Gasteiger partial charge in [-0.25, -0.2) is 4.98 Å². The largest absolute Gasteiger partial charge is 0.383 e. The Labute approximate surface area is 112 Å². The van der Waals surface area contributed by atoms with Gasteiger partial charge in [0.05, 0.1) is 0 Å². The van der Waals surface area contributed by atoms with E-state index in [-0.39, 0.29) is 6.04 Å². The maximum Gasteiger partial charge on any atom is 0.128 e. The fourth-order valence-corrected chi connectivity index (χ4v) is 2.07. The van der Waals surface area contributed by atoms with E-state index in [0.717, 1.165) is 17.0 Å². The predicted molar refractivity (Wildman–Crippen MR) is 75.6 cm³/mol. The van der Waals surface area contributed by atoms with E-state index >= 15 is 0 Å². The van der Waals surface area contributed by atoms with Gasteiger partial charge in [0, 0.05) is 22.8 Å². The molecule has 4 heteroatoms. The van der Waals surface area contributed by atoms with Gasteiger partial charge >= 0.3 is 0 Å². The van der Waals surface area contributed by atoms with Crippen LogP contribution in [-0.2, 0) is 6.42 Å². The highest BCUT2D eigenvalue weighted by Gasteiger charge is 2.13. The number of halogens is 1. The molecule has 0 aliphatic carbocycles. The Morgan fingerprint density at radius 1 is 1.28 bits per heavy atom. The molecule has 1 heterocycles. The van der Waals surface area contributed by atoms with E-state index < -0.39 is 0 Å². The van der Waals surface area contributed by atoms with Gasteiger partial charge in [-0.2, -0.15) is 0 Å². The molecule has 1 aromatic heterocycles. The number of anilines is 1. The van der Waals surface area contributed by atoms with Gasteiger partial charge in [-0.1, -0.05) is 29.8 Å². The SMILES string of the molecule is CNC(Cc1ccc(Cl)cc1)c1cccnc1N. The topological polar surface area (TPSA) is 50.9 Å². The molecule has 0 fully saturated rings. The lowest BCUT2D eigenvalue weighted by atomic mass is 9.99. The monoisotopic (exact) mass is 261 g/mol. The maximum atomic E-state index is 5.90. The number of hydrogen-bond donors (Lipinski definition) is 2. The summed E-state index contributed by atoms with van der Waals surface area (Å²) in [5.41, 5.74) is 8.14. The van der Waals surface area contributed by atoms with Crippen molar-refractivity contribution in [3.8, 4) is 0 Å². The second-order valence-electron chi connectivity index (χ2n) is 4.15. The summed E-state index contributed by atoms with van der Waals surface area (Å²) in [6, 6.07) is 11.9. The summed E-state index contributed by atoms with van der Waals surface area (Å²) in [7, 11) is 1.92. The average molecular weight is 262 g/mol. The normalized spacial score (nSPS) is 12.3. The Hall–Kier alpha value is -1.58. The fourth-order valence-electron chi connectivity index (χ4n) is 1.95. The van der Waals surface area contributed by atoms with Crippen molar-refractivity contribution in [3.63, 3.8) is 0 Å². The van der Waals surface area contributed by atoms with E-state index in [1.165, 1.54) is 5.56 Å². The van der Waals surface area contributed by atoms with Gasteiger partial charge < -0.3 is 11.1 Å². The number of benzene rings is 1. The van der Waals surface area contributed by atoms with Crippen molar-refractivity contribution in [2.45, 2.75) is 12.5 Å². The molecule has 0 saturated carbocycles. The van der Waals surface area contributed by atoms with Crippen LogP contribution in [0, 0.1) is 0 Å². The van der Waals surface area contributed by atoms with Crippen molar-refractivity contribution < 1.29 is 0 Å². The summed E-state index contributed by atoms with van der Waals surface area (Å²) >= 11 is 5.88. The maximum absolute atomic E-state index is 5.90. The van der Waals surface area contributed by atoms with Crippen molar-refractivity contribution in [1.29, 1.82) is 0 Å². The molecule has 3 nitrogen and oxygen atoms in total. The smallest absolute Gasteiger partial charge is 0.128 e. The third-order valence-corrected chi connectivity index (χ3v) is 3.20. The van der Waals surface area contributed by atoms with Gasteiger partial charge in [0.15, 0.2) is 0 Å². The molecule has 0 radical (unpaired) electrons. The first-order valence-electron chi connectivity index (χ1n) is 5.83. The number of rotatable bonds is 4. The van der Waals surface area contributed by atoms with Crippen LogP contribution in [0.25, 0.3) is 0 Å². The number of nitrogens with zero attached hydrogens (tertiary/aromatic N) is 1. The van der Waals surface area contributed by atoms with Crippen LogP contribution in [0.5, 0.6) is 0 Å². The molecule has 0 aliphatic heterocycles. The van der Waals surface area contributed by atoms with Crippen LogP contribution in [0.4, 0.5) is 5.82 Å². The minimum Gasteiger partial charge on any atom is -0.383 e. The molecule has 0 aliphatic rings. The van der Waals surface area contributed by atoms with E-state index in [2.05, 4.69) is 10.3 Å². The number of likely N-dealkylation sites (N-methyl/N-ethyl adjacent to an activating group) is 1. The molecule has 18 heavy (non-hydrogen) atoms. The molecule has 0 amide bonds. The van der Waals surface area contributed by atoms with Crippen LogP contribution in [0.15, 0.2) is 42.6 Å². The third kappa shape index (κ3) is 3.00. The Balaban J connectivity index is 2.20. The van der Waals surface area contributed by atoms with Gasteiger partial charge in [-0.3, -0.25) is 0 Å². The zero-order chi connectivity index (χ0) is 13.0. The number of hydrogen-bond acceptors (Lipinski definition) is 3. The molecule has 1 atom stereocenters. The number of nitrogens with one attached hydrogen (secondary N) is 1. The van der Waals surface area contributed by atoms with Crippen molar-refractivity contribution in [2.75, 3.05) is 12.8 Å². The van der Waals surface area contributed by atoms with Gasteiger partial charge in [0.1, 0.15) is 5.82 Å². The number of aromatic nitrogens is 1. The molecule has 2 rings (SSSR count). The highest BCUT2D eigenvalue weighted by atomic mass is 35.5. The van der Waals surface area contributed by atoms with Crippen LogP contribution >= 0.6 is 11.6 Å². The van der Waals surface area contributed by atoms with Crippen LogP contribution in [0.1, 0.15) is 17.2 Å². The van der Waals surface area contributed by atoms with Crippen molar-refractivity contribution in [3.05, 3.63) is 58.7 Å². The second kappa shape index (κ2) is 5.85. The summed E-state index contributed by atoms with van der Waals surface area (Å²) in [6.07, 6.45) is 2.55. The van der Waals surface area contributed by atoms with E-state index in [0.29, 0.717) is 5.82 Å². The Morgan fingerprint density at radius 3 is 2.61 bits per heavy atom. The molecule has 0 bridgehead atoms. The molecule has 0 spiro atoms. The van der Waals surface area contributed by atoms with Crippen LogP contribution in [-0.4, -0.2) is 12.0 Å². The number of nitrogens with two attached hydrogens (primary N) is 1. The lowest BCUT2D eigenvalue weighted by Gasteiger charge is -2.18. The molecule has 2 aromatic rings. The van der Waals surface area contributed by atoms with E-state index in [4.69, 9.17) is 17.3 Å². The number of pyridine rings is 1. The molecular formula is C14H16ClN3. The first-order valence-corrected chi connectivity index (χ1v) is 6.20. The minimum atomic E-state index is 0.153. The summed E-state index contributed by atoms with van der Waals surface area (Å²) in [5.74, 6) is 0.575. The third-order valence-electron chi connectivity index (χ3n) is 2.95. The summed E-state index contributed by atoms with van der Waals surface area (Å²) in [6.45, 7) is 0. The number of nitrogen functional groups attached to an aromatic ring is 1. The summed E-state index contributed by atoms with van der Waals surface area (Å²) in [4.78, 5) is 4.12. The Morgan fingerprint density at radius 2 is 2.00 bits per heavy atom. The lowest BCUT2D eigenvalue weighted by Crippen LogP contribution is -2.20. The van der Waals surface area contributed by atoms with Crippen LogP contribution in [0.3, 0.4) is 0 Å². The lowest BCUT2D eigenvalue weighted by molar-refractivity contribution is 0.592. The molecule has 3 N–H and O–H groups in total. The predicted octanol–water partition coefficient (Wildman–Crippen LogP) is 2.82. The first kappa shape index (κ1) is 12.9. The molecule has 94 valence electrons. The summed E-state index contributed by atoms with van der Waals surface area (Å²) < 4.78 is 0. The summed E-state index contributed by atoms with van der Waals surface area (Å²) in [5, 5.41) is 4.02. The van der Waals surface area contributed by atoms with E-state index in [1.54, 1.807) is 6.20 Å². The van der Waals surface area contributed by atoms with Gasteiger partial charge in [0.25, 0.3) is 0 Å². The Bertz CT molecular complexity index is 511. The highest BCUT2D eigenvalue weighted by molar-refractivity contribution is 6.30. The van der Waals surface area contributed by atoms with Crippen molar-refractivity contribution >= 4 is 17.4 Å². The van der Waals surface area contributed by atoms with Crippen LogP contribution < -0.4 is 11.1 Å². The van der Waals surface area contributed by atoms with Gasteiger partial charge in [0.2, 0.25) is 0 Å². The Kier molecular flexibility index (Phi) is 4.18. The molecule has 1 unspecified atom stereocenters. The zero-order valence-electron chi connectivity index (χ0n) is 10.2. The quantitative estimate of drug-likeness (QED) is 0.890.